The van der Waals surface area contributed by atoms with Crippen LogP contribution in [-0.4, -0.2) is 21.7 Å². The normalized spacial score (nSPS) is 11.1. The Hall–Kier alpha value is -4.18. The topological polar surface area (TPSA) is 51.0 Å². The zero-order chi connectivity index (χ0) is 20.8. The van der Waals surface area contributed by atoms with Crippen LogP contribution < -0.4 is 0 Å². The Balaban J connectivity index is 1.89. The molecule has 0 spiro atoms. The van der Waals surface area contributed by atoms with Gasteiger partial charge in [-0.1, -0.05) is 91.5 Å². The van der Waals surface area contributed by atoms with Gasteiger partial charge in [0, 0.05) is 22.9 Å². The number of nitrogens with zero attached hydrogens (tertiary/aromatic N) is 4. The maximum Gasteiger partial charge on any atom is 0.164 e. The molecule has 0 saturated heterocycles. The van der Waals surface area contributed by atoms with Gasteiger partial charge in [-0.05, 0) is 23.9 Å². The minimum Gasteiger partial charge on any atom is -0.272 e. The molecule has 0 fully saturated rings. The number of hydrogen-bond acceptors (Lipinski definition) is 4. The molecule has 0 radical (unpaired) electrons. The summed E-state index contributed by atoms with van der Waals surface area (Å²) in [4.78, 5) is 18.1. The Morgan fingerprint density at radius 3 is 1.67 bits per heavy atom. The summed E-state index contributed by atoms with van der Waals surface area (Å²) in [6.07, 6.45) is 3.44. The maximum absolute atomic E-state index is 4.77. The highest BCUT2D eigenvalue weighted by atomic mass is 15.0. The largest absolute Gasteiger partial charge is 0.272 e. The Kier molecular flexibility index (Phi) is 5.67. The summed E-state index contributed by atoms with van der Waals surface area (Å²) in [6.45, 7) is 7.41. The molecule has 0 N–H and O–H groups in total. The van der Waals surface area contributed by atoms with E-state index in [1.165, 1.54) is 0 Å². The molecule has 1 heterocycles. The van der Waals surface area contributed by atoms with E-state index in [0.29, 0.717) is 17.5 Å². The summed E-state index contributed by atoms with van der Waals surface area (Å²) in [5.74, 6) is 1.88. The third-order valence-corrected chi connectivity index (χ3v) is 4.60. The van der Waals surface area contributed by atoms with Crippen LogP contribution in [0.3, 0.4) is 0 Å². The third-order valence-electron chi connectivity index (χ3n) is 4.60. The van der Waals surface area contributed by atoms with Gasteiger partial charge in [0.25, 0.3) is 0 Å². The summed E-state index contributed by atoms with van der Waals surface area (Å²) < 4.78 is 0. The molecular weight excluding hydrogens is 368 g/mol. The van der Waals surface area contributed by atoms with Crippen LogP contribution in [0.1, 0.15) is 5.56 Å². The first-order valence-electron chi connectivity index (χ1n) is 9.54. The number of hydrogen-bond donors (Lipinski definition) is 0. The summed E-state index contributed by atoms with van der Waals surface area (Å²) >= 11 is 0. The molecule has 0 aliphatic rings. The summed E-state index contributed by atoms with van der Waals surface area (Å²) in [6, 6.07) is 27.8. The standard InChI is InChI=1S/C26H20N4/c1-3-19(18-27-2)22-15-10-16-23(17-22)26-29-24(20-11-6-4-7-12-20)28-25(30-26)21-13-8-5-9-14-21/h3-18H,1-2H2/b19-18+. The number of rotatable bonds is 6. The quantitative estimate of drug-likeness (QED) is 0.296. The van der Waals surface area contributed by atoms with E-state index >= 15 is 0 Å². The molecule has 0 unspecified atom stereocenters. The van der Waals surface area contributed by atoms with E-state index in [2.05, 4.69) is 18.3 Å². The number of aromatic nitrogens is 3. The fraction of sp³-hybridized carbons (Fsp3) is 0. The van der Waals surface area contributed by atoms with E-state index in [1.54, 1.807) is 12.3 Å². The van der Waals surface area contributed by atoms with Crippen LogP contribution in [0, 0.1) is 0 Å². The first-order chi connectivity index (χ1) is 14.8. The molecular formula is C26H20N4. The van der Waals surface area contributed by atoms with Crippen LogP contribution in [0.15, 0.2) is 109 Å². The minimum absolute atomic E-state index is 0.611. The molecule has 0 atom stereocenters. The van der Waals surface area contributed by atoms with Gasteiger partial charge in [-0.2, -0.15) is 0 Å². The van der Waals surface area contributed by atoms with E-state index in [1.807, 2.05) is 84.9 Å². The minimum atomic E-state index is 0.611. The van der Waals surface area contributed by atoms with Crippen LogP contribution in [0.5, 0.6) is 0 Å². The number of aliphatic imine (C=N–C) groups is 1. The molecule has 0 aliphatic heterocycles. The van der Waals surface area contributed by atoms with E-state index in [9.17, 15) is 0 Å². The average Bonchev–Trinajstić information content (AvgIpc) is 2.83. The Labute approximate surface area is 176 Å². The van der Waals surface area contributed by atoms with Gasteiger partial charge in [0.2, 0.25) is 0 Å². The SMILES string of the molecule is C=C/C(=C\N=C)c1cccc(-c2nc(-c3ccccc3)nc(-c3ccccc3)n2)c1. The van der Waals surface area contributed by atoms with Crippen molar-refractivity contribution in [3.63, 3.8) is 0 Å². The summed E-state index contributed by atoms with van der Waals surface area (Å²) in [5, 5.41) is 0. The van der Waals surface area contributed by atoms with Gasteiger partial charge in [-0.25, -0.2) is 15.0 Å². The van der Waals surface area contributed by atoms with Crippen molar-refractivity contribution in [1.82, 2.24) is 15.0 Å². The van der Waals surface area contributed by atoms with Crippen LogP contribution in [0.2, 0.25) is 0 Å². The monoisotopic (exact) mass is 388 g/mol. The van der Waals surface area contributed by atoms with Crippen molar-refractivity contribution in [3.8, 4) is 34.2 Å². The van der Waals surface area contributed by atoms with Gasteiger partial charge in [-0.3, -0.25) is 4.99 Å². The lowest BCUT2D eigenvalue weighted by atomic mass is 10.0. The van der Waals surface area contributed by atoms with Gasteiger partial charge in [-0.15, -0.1) is 0 Å². The molecule has 4 aromatic rings. The lowest BCUT2D eigenvalue weighted by molar-refractivity contribution is 1.07. The second-order valence-corrected chi connectivity index (χ2v) is 6.59. The second-order valence-electron chi connectivity index (χ2n) is 6.59. The predicted molar refractivity (Wildman–Crippen MR) is 124 cm³/mol. The molecule has 4 nitrogen and oxygen atoms in total. The van der Waals surface area contributed by atoms with Crippen molar-refractivity contribution < 1.29 is 0 Å². The van der Waals surface area contributed by atoms with Crippen molar-refractivity contribution in [2.24, 2.45) is 4.99 Å². The maximum atomic E-state index is 4.77. The Morgan fingerprint density at radius 2 is 1.17 bits per heavy atom. The average molecular weight is 388 g/mol. The van der Waals surface area contributed by atoms with Crippen LogP contribution >= 0.6 is 0 Å². The first kappa shape index (κ1) is 19.2. The summed E-state index contributed by atoms with van der Waals surface area (Å²) in [7, 11) is 0. The molecule has 30 heavy (non-hydrogen) atoms. The van der Waals surface area contributed by atoms with E-state index in [-0.39, 0.29) is 0 Å². The van der Waals surface area contributed by atoms with Gasteiger partial charge < -0.3 is 0 Å². The van der Waals surface area contributed by atoms with Crippen molar-refractivity contribution in [1.29, 1.82) is 0 Å². The molecule has 1 aromatic heterocycles. The third kappa shape index (κ3) is 4.13. The van der Waals surface area contributed by atoms with Gasteiger partial charge in [0.15, 0.2) is 17.5 Å². The van der Waals surface area contributed by atoms with Gasteiger partial charge >= 0.3 is 0 Å². The highest BCUT2D eigenvalue weighted by Gasteiger charge is 2.12. The smallest absolute Gasteiger partial charge is 0.164 e. The molecule has 0 bridgehead atoms. The molecule has 4 rings (SSSR count). The van der Waals surface area contributed by atoms with E-state index in [0.717, 1.165) is 27.8 Å². The zero-order valence-corrected chi connectivity index (χ0v) is 16.4. The second kappa shape index (κ2) is 8.88. The van der Waals surface area contributed by atoms with Crippen molar-refractivity contribution in [2.45, 2.75) is 0 Å². The Bertz CT molecular complexity index is 1150. The van der Waals surface area contributed by atoms with Crippen molar-refractivity contribution >= 4 is 12.3 Å². The Morgan fingerprint density at radius 1 is 0.667 bits per heavy atom. The van der Waals surface area contributed by atoms with Crippen molar-refractivity contribution in [2.75, 3.05) is 0 Å². The van der Waals surface area contributed by atoms with E-state index in [4.69, 9.17) is 15.0 Å². The summed E-state index contributed by atoms with van der Waals surface area (Å²) in [5.41, 5.74) is 4.63. The van der Waals surface area contributed by atoms with Gasteiger partial charge in [0.05, 0.1) is 0 Å². The lowest BCUT2D eigenvalue weighted by Gasteiger charge is -2.09. The molecule has 0 amide bonds. The predicted octanol–water partition coefficient (Wildman–Crippen LogP) is 6.10. The molecule has 4 heteroatoms. The number of benzene rings is 3. The fourth-order valence-electron chi connectivity index (χ4n) is 3.12. The van der Waals surface area contributed by atoms with Crippen LogP contribution in [-0.2, 0) is 0 Å². The first-order valence-corrected chi connectivity index (χ1v) is 9.54. The molecule has 144 valence electrons. The zero-order valence-electron chi connectivity index (χ0n) is 16.4. The van der Waals surface area contributed by atoms with E-state index < -0.39 is 0 Å². The van der Waals surface area contributed by atoms with Crippen molar-refractivity contribution in [3.05, 3.63) is 109 Å². The number of allylic oxidation sites excluding steroid dienone is 2. The fourth-order valence-corrected chi connectivity index (χ4v) is 3.12. The van der Waals surface area contributed by atoms with Crippen LogP contribution in [0.4, 0.5) is 0 Å². The van der Waals surface area contributed by atoms with Crippen LogP contribution in [0.25, 0.3) is 39.7 Å². The molecule has 0 aliphatic carbocycles. The molecule has 0 saturated carbocycles. The lowest BCUT2D eigenvalue weighted by Crippen LogP contribution is -2.00. The highest BCUT2D eigenvalue weighted by Crippen LogP contribution is 2.26. The highest BCUT2D eigenvalue weighted by molar-refractivity contribution is 5.77. The van der Waals surface area contributed by atoms with Gasteiger partial charge in [0.1, 0.15) is 0 Å². The molecule has 3 aromatic carbocycles.